The fourth-order valence-corrected chi connectivity index (χ4v) is 3.61. The zero-order valence-electron chi connectivity index (χ0n) is 12.2. The van der Waals surface area contributed by atoms with Gasteiger partial charge in [0.1, 0.15) is 0 Å². The van der Waals surface area contributed by atoms with Crippen LogP contribution >= 0.6 is 23.1 Å². The van der Waals surface area contributed by atoms with E-state index in [0.717, 1.165) is 33.0 Å². The number of thiazole rings is 1. The van der Waals surface area contributed by atoms with Crippen molar-refractivity contribution in [3.8, 4) is 11.4 Å². The van der Waals surface area contributed by atoms with Crippen molar-refractivity contribution in [3.05, 3.63) is 45.9 Å². The van der Waals surface area contributed by atoms with E-state index >= 15 is 0 Å². The Morgan fingerprint density at radius 2 is 2.10 bits per heavy atom. The molecule has 108 valence electrons. The highest BCUT2D eigenvalue weighted by atomic mass is 32.2. The van der Waals surface area contributed by atoms with Crippen LogP contribution in [-0.2, 0) is 12.8 Å². The number of benzene rings is 1. The summed E-state index contributed by atoms with van der Waals surface area (Å²) >= 11 is 3.35. The van der Waals surface area contributed by atoms with Gasteiger partial charge in [0.2, 0.25) is 0 Å². The van der Waals surface area contributed by atoms with E-state index < -0.39 is 0 Å². The molecule has 0 bridgehead atoms. The van der Waals surface area contributed by atoms with E-state index in [1.807, 2.05) is 24.6 Å². The monoisotopic (exact) mass is 316 g/mol. The molecule has 4 nitrogen and oxygen atoms in total. The molecule has 2 heterocycles. The SMILES string of the molecule is Cc1cccc(-c2nnc(SCc3csc(C)n3)n2C)c1. The Hall–Kier alpha value is -1.66. The van der Waals surface area contributed by atoms with E-state index in [0.29, 0.717) is 0 Å². The summed E-state index contributed by atoms with van der Waals surface area (Å²) in [5.74, 6) is 1.72. The fraction of sp³-hybridized carbons (Fsp3) is 0.267. The van der Waals surface area contributed by atoms with Crippen LogP contribution in [0.5, 0.6) is 0 Å². The minimum atomic E-state index is 0.824. The molecule has 1 aromatic carbocycles. The zero-order valence-corrected chi connectivity index (χ0v) is 13.8. The van der Waals surface area contributed by atoms with Crippen molar-refractivity contribution < 1.29 is 0 Å². The molecule has 0 radical (unpaired) electrons. The van der Waals surface area contributed by atoms with E-state index in [9.17, 15) is 0 Å². The number of hydrogen-bond acceptors (Lipinski definition) is 5. The van der Waals surface area contributed by atoms with Crippen molar-refractivity contribution in [3.63, 3.8) is 0 Å². The van der Waals surface area contributed by atoms with Crippen molar-refractivity contribution in [1.82, 2.24) is 19.7 Å². The molecular weight excluding hydrogens is 300 g/mol. The summed E-state index contributed by atoms with van der Waals surface area (Å²) < 4.78 is 2.04. The molecule has 21 heavy (non-hydrogen) atoms. The zero-order chi connectivity index (χ0) is 14.8. The second-order valence-corrected chi connectivity index (χ2v) is 6.89. The summed E-state index contributed by atoms with van der Waals surface area (Å²) in [5.41, 5.74) is 3.42. The minimum absolute atomic E-state index is 0.824. The Morgan fingerprint density at radius 1 is 1.24 bits per heavy atom. The lowest BCUT2D eigenvalue weighted by Gasteiger charge is -2.04. The van der Waals surface area contributed by atoms with Crippen LogP contribution in [0.3, 0.4) is 0 Å². The van der Waals surface area contributed by atoms with Gasteiger partial charge in [-0.2, -0.15) is 0 Å². The van der Waals surface area contributed by atoms with Crippen molar-refractivity contribution in [2.75, 3.05) is 0 Å². The van der Waals surface area contributed by atoms with Crippen molar-refractivity contribution in [2.24, 2.45) is 7.05 Å². The maximum absolute atomic E-state index is 4.47. The lowest BCUT2D eigenvalue weighted by molar-refractivity contribution is 0.793. The molecule has 0 aliphatic carbocycles. The van der Waals surface area contributed by atoms with E-state index in [2.05, 4.69) is 45.7 Å². The first-order valence-corrected chi connectivity index (χ1v) is 8.50. The minimum Gasteiger partial charge on any atom is -0.305 e. The summed E-state index contributed by atoms with van der Waals surface area (Å²) in [6.07, 6.45) is 0. The third-order valence-corrected chi connectivity index (χ3v) is 5.00. The first-order valence-electron chi connectivity index (χ1n) is 6.64. The Bertz CT molecular complexity index is 761. The van der Waals surface area contributed by atoms with Gasteiger partial charge in [0.05, 0.1) is 10.7 Å². The average molecular weight is 316 g/mol. The molecule has 0 atom stereocenters. The smallest absolute Gasteiger partial charge is 0.191 e. The normalized spacial score (nSPS) is 11.0. The van der Waals surface area contributed by atoms with Gasteiger partial charge in [0.25, 0.3) is 0 Å². The van der Waals surface area contributed by atoms with Gasteiger partial charge in [-0.1, -0.05) is 35.5 Å². The van der Waals surface area contributed by atoms with Crippen LogP contribution in [0.2, 0.25) is 0 Å². The second-order valence-electron chi connectivity index (χ2n) is 4.88. The lowest BCUT2D eigenvalue weighted by atomic mass is 10.1. The molecule has 0 aliphatic heterocycles. The van der Waals surface area contributed by atoms with Crippen LogP contribution in [0.15, 0.2) is 34.8 Å². The number of aromatic nitrogens is 4. The maximum Gasteiger partial charge on any atom is 0.191 e. The Balaban J connectivity index is 1.79. The summed E-state index contributed by atoms with van der Waals surface area (Å²) in [5, 5.41) is 12.7. The molecule has 2 aromatic heterocycles. The van der Waals surface area contributed by atoms with Gasteiger partial charge < -0.3 is 4.57 Å². The van der Waals surface area contributed by atoms with Gasteiger partial charge in [-0.25, -0.2) is 4.98 Å². The van der Waals surface area contributed by atoms with Crippen LogP contribution in [0.25, 0.3) is 11.4 Å². The van der Waals surface area contributed by atoms with E-state index in [4.69, 9.17) is 0 Å². The standard InChI is InChI=1S/C15H16N4S2/c1-10-5-4-6-12(7-10)14-17-18-15(19(14)3)21-9-13-8-20-11(2)16-13/h4-8H,9H2,1-3H3. The first kappa shape index (κ1) is 14.3. The van der Waals surface area contributed by atoms with Crippen LogP contribution in [-0.4, -0.2) is 19.7 Å². The molecule has 0 N–H and O–H groups in total. The van der Waals surface area contributed by atoms with Crippen LogP contribution in [0.4, 0.5) is 0 Å². The maximum atomic E-state index is 4.47. The number of nitrogens with zero attached hydrogens (tertiary/aromatic N) is 4. The van der Waals surface area contributed by atoms with Gasteiger partial charge >= 0.3 is 0 Å². The van der Waals surface area contributed by atoms with Gasteiger partial charge in [0.15, 0.2) is 11.0 Å². The quantitative estimate of drug-likeness (QED) is 0.686. The van der Waals surface area contributed by atoms with Gasteiger partial charge in [0, 0.05) is 23.7 Å². The second kappa shape index (κ2) is 5.99. The molecule has 0 aliphatic rings. The lowest BCUT2D eigenvalue weighted by Crippen LogP contribution is -1.95. The predicted octanol–water partition coefficient (Wildman–Crippen LogP) is 3.85. The topological polar surface area (TPSA) is 43.6 Å². The molecule has 6 heteroatoms. The molecule has 0 saturated carbocycles. The molecule has 0 saturated heterocycles. The van der Waals surface area contributed by atoms with Crippen molar-refractivity contribution >= 4 is 23.1 Å². The van der Waals surface area contributed by atoms with Crippen molar-refractivity contribution in [2.45, 2.75) is 24.8 Å². The summed E-state index contributed by atoms with van der Waals surface area (Å²) in [6.45, 7) is 4.11. The molecule has 0 spiro atoms. The molecule has 0 amide bonds. The summed E-state index contributed by atoms with van der Waals surface area (Å²) in [6, 6.07) is 8.32. The Morgan fingerprint density at radius 3 is 2.81 bits per heavy atom. The highest BCUT2D eigenvalue weighted by Crippen LogP contribution is 2.25. The molecular formula is C15H16N4S2. The average Bonchev–Trinajstić information content (AvgIpc) is 3.03. The number of thioether (sulfide) groups is 1. The Labute approximate surface area is 132 Å². The van der Waals surface area contributed by atoms with Crippen molar-refractivity contribution in [1.29, 1.82) is 0 Å². The largest absolute Gasteiger partial charge is 0.305 e. The number of aryl methyl sites for hydroxylation is 2. The van der Waals surface area contributed by atoms with E-state index in [-0.39, 0.29) is 0 Å². The van der Waals surface area contributed by atoms with Crippen LogP contribution in [0.1, 0.15) is 16.3 Å². The third-order valence-electron chi connectivity index (χ3n) is 3.13. The summed E-state index contributed by atoms with van der Waals surface area (Å²) in [7, 11) is 2.01. The predicted molar refractivity (Wildman–Crippen MR) is 87.6 cm³/mol. The van der Waals surface area contributed by atoms with Gasteiger partial charge in [-0.15, -0.1) is 21.5 Å². The van der Waals surface area contributed by atoms with Gasteiger partial charge in [-0.05, 0) is 19.9 Å². The van der Waals surface area contributed by atoms with E-state index in [1.54, 1.807) is 23.1 Å². The number of rotatable bonds is 4. The molecule has 3 rings (SSSR count). The van der Waals surface area contributed by atoms with Crippen LogP contribution in [0, 0.1) is 13.8 Å². The molecule has 0 unspecified atom stereocenters. The highest BCUT2D eigenvalue weighted by Gasteiger charge is 2.12. The Kier molecular flexibility index (Phi) is 4.07. The molecule has 3 aromatic rings. The highest BCUT2D eigenvalue weighted by molar-refractivity contribution is 7.98. The van der Waals surface area contributed by atoms with Gasteiger partial charge in [-0.3, -0.25) is 0 Å². The third kappa shape index (κ3) is 3.16. The first-order chi connectivity index (χ1) is 10.1. The molecule has 0 fully saturated rings. The fourth-order valence-electron chi connectivity index (χ4n) is 2.09. The van der Waals surface area contributed by atoms with E-state index in [1.165, 1.54) is 5.56 Å². The number of hydrogen-bond donors (Lipinski definition) is 0. The summed E-state index contributed by atoms with van der Waals surface area (Å²) in [4.78, 5) is 4.47. The van der Waals surface area contributed by atoms with Crippen LogP contribution < -0.4 is 0 Å².